The van der Waals surface area contributed by atoms with Crippen LogP contribution in [0.2, 0.25) is 0 Å². The molecule has 146 valence electrons. The van der Waals surface area contributed by atoms with E-state index in [1.807, 2.05) is 17.0 Å². The van der Waals surface area contributed by atoms with Crippen LogP contribution in [0, 0.1) is 0 Å². The van der Waals surface area contributed by atoms with E-state index < -0.39 is 0 Å². The minimum atomic E-state index is -0.0159. The fraction of sp³-hybridized carbons (Fsp3) is 0.632. The van der Waals surface area contributed by atoms with E-state index in [1.54, 1.807) is 26.0 Å². The molecule has 1 saturated heterocycles. The Bertz CT molecular complexity index is 631. The highest BCUT2D eigenvalue weighted by Gasteiger charge is 2.35. The van der Waals surface area contributed by atoms with Crippen molar-refractivity contribution in [1.82, 2.24) is 9.80 Å². The predicted molar refractivity (Wildman–Crippen MR) is 111 cm³/mol. The number of amides is 1. The molecule has 0 aromatic heterocycles. The summed E-state index contributed by atoms with van der Waals surface area (Å²) >= 11 is 5.30. The zero-order valence-electron chi connectivity index (χ0n) is 16.4. The number of benzene rings is 1. The van der Waals surface area contributed by atoms with Crippen LogP contribution in [0.5, 0.6) is 11.5 Å². The summed E-state index contributed by atoms with van der Waals surface area (Å²) in [4.78, 5) is 16.9. The Kier molecular flexibility index (Phi) is 7.67. The molecule has 0 aliphatic carbocycles. The molecule has 1 aromatic carbocycles. The molecule has 0 radical (unpaired) electrons. The molecule has 1 heterocycles. The predicted octanol–water partition coefficient (Wildman–Crippen LogP) is 4.16. The van der Waals surface area contributed by atoms with Crippen LogP contribution in [-0.4, -0.2) is 60.9 Å². The van der Waals surface area contributed by atoms with Crippen molar-refractivity contribution in [3.8, 4) is 11.5 Å². The lowest BCUT2D eigenvalue weighted by Crippen LogP contribution is -2.43. The SMILES string of the molecule is COc1cc(Br)c(C2SCC(=O)N2CCN(C(C)C)C(C)C)cc1OC. The maximum Gasteiger partial charge on any atom is 0.233 e. The van der Waals surface area contributed by atoms with E-state index in [0.717, 1.165) is 16.6 Å². The van der Waals surface area contributed by atoms with Crippen LogP contribution in [0.3, 0.4) is 0 Å². The average molecular weight is 445 g/mol. The van der Waals surface area contributed by atoms with Crippen LogP contribution in [0.4, 0.5) is 0 Å². The van der Waals surface area contributed by atoms with Gasteiger partial charge >= 0.3 is 0 Å². The maximum atomic E-state index is 12.5. The fourth-order valence-electron chi connectivity index (χ4n) is 3.35. The van der Waals surface area contributed by atoms with Crippen molar-refractivity contribution in [1.29, 1.82) is 0 Å². The Hall–Kier alpha value is -0.920. The van der Waals surface area contributed by atoms with E-state index in [2.05, 4.69) is 48.5 Å². The van der Waals surface area contributed by atoms with Crippen LogP contribution < -0.4 is 9.47 Å². The van der Waals surface area contributed by atoms with Gasteiger partial charge < -0.3 is 14.4 Å². The zero-order valence-corrected chi connectivity index (χ0v) is 18.8. The molecule has 0 spiro atoms. The van der Waals surface area contributed by atoms with Crippen molar-refractivity contribution in [2.24, 2.45) is 0 Å². The van der Waals surface area contributed by atoms with Crippen molar-refractivity contribution in [2.45, 2.75) is 45.2 Å². The van der Waals surface area contributed by atoms with E-state index in [4.69, 9.17) is 9.47 Å². The number of hydrogen-bond donors (Lipinski definition) is 0. The number of thioether (sulfide) groups is 1. The quantitative estimate of drug-likeness (QED) is 0.601. The van der Waals surface area contributed by atoms with E-state index in [0.29, 0.717) is 35.9 Å². The summed E-state index contributed by atoms with van der Waals surface area (Å²) in [7, 11) is 3.25. The summed E-state index contributed by atoms with van der Waals surface area (Å²) in [5.74, 6) is 2.05. The van der Waals surface area contributed by atoms with Crippen molar-refractivity contribution in [3.05, 3.63) is 22.2 Å². The van der Waals surface area contributed by atoms with E-state index in [-0.39, 0.29) is 11.3 Å². The van der Waals surface area contributed by atoms with Crippen molar-refractivity contribution < 1.29 is 14.3 Å². The van der Waals surface area contributed by atoms with Crippen LogP contribution in [-0.2, 0) is 4.79 Å². The Morgan fingerprint density at radius 1 is 1.19 bits per heavy atom. The van der Waals surface area contributed by atoms with E-state index >= 15 is 0 Å². The minimum absolute atomic E-state index is 0.0159. The second-order valence-corrected chi connectivity index (χ2v) is 8.83. The third kappa shape index (κ3) is 4.67. The molecule has 5 nitrogen and oxygen atoms in total. The van der Waals surface area contributed by atoms with Gasteiger partial charge in [-0.25, -0.2) is 0 Å². The molecule has 1 aromatic rings. The molecule has 26 heavy (non-hydrogen) atoms. The molecule has 0 bridgehead atoms. The van der Waals surface area contributed by atoms with Gasteiger partial charge in [0.25, 0.3) is 0 Å². The number of carbonyl (C=O) groups is 1. The van der Waals surface area contributed by atoms with Gasteiger partial charge in [-0.15, -0.1) is 11.8 Å². The summed E-state index contributed by atoms with van der Waals surface area (Å²) in [5.41, 5.74) is 1.04. The standard InChI is InChI=1S/C19H29BrN2O3S/c1-12(2)21(13(3)4)7-8-22-18(23)11-26-19(22)14-9-16(24-5)17(25-6)10-15(14)20/h9-10,12-13,19H,7-8,11H2,1-6H3. The van der Waals surface area contributed by atoms with Gasteiger partial charge in [-0.3, -0.25) is 9.69 Å². The first kappa shape index (κ1) is 21.4. The lowest BCUT2D eigenvalue weighted by molar-refractivity contribution is -0.128. The first-order valence-corrected chi connectivity index (χ1v) is 10.7. The monoisotopic (exact) mass is 444 g/mol. The number of rotatable bonds is 8. The third-order valence-corrected chi connectivity index (χ3v) is 6.59. The lowest BCUT2D eigenvalue weighted by atomic mass is 10.1. The molecule has 1 fully saturated rings. The number of halogens is 1. The normalized spacial score (nSPS) is 17.7. The molecule has 0 N–H and O–H groups in total. The molecule has 1 atom stereocenters. The second-order valence-electron chi connectivity index (χ2n) is 6.90. The molecule has 1 aliphatic heterocycles. The van der Waals surface area contributed by atoms with Gasteiger partial charge in [0.15, 0.2) is 11.5 Å². The molecular weight excluding hydrogens is 416 g/mol. The van der Waals surface area contributed by atoms with Gasteiger partial charge in [0.1, 0.15) is 5.37 Å². The molecule has 7 heteroatoms. The van der Waals surface area contributed by atoms with Crippen LogP contribution in [0.25, 0.3) is 0 Å². The van der Waals surface area contributed by atoms with Crippen LogP contribution in [0.15, 0.2) is 16.6 Å². The number of nitrogens with zero attached hydrogens (tertiary/aromatic N) is 2. The Morgan fingerprint density at radius 2 is 1.77 bits per heavy atom. The average Bonchev–Trinajstić information content (AvgIpc) is 2.94. The molecule has 1 amide bonds. The summed E-state index contributed by atoms with van der Waals surface area (Å²) < 4.78 is 11.7. The molecule has 1 unspecified atom stereocenters. The van der Waals surface area contributed by atoms with Crippen LogP contribution in [0.1, 0.15) is 38.6 Å². The fourth-order valence-corrected chi connectivity index (χ4v) is 5.28. The van der Waals surface area contributed by atoms with E-state index in [9.17, 15) is 4.79 Å². The highest BCUT2D eigenvalue weighted by molar-refractivity contribution is 9.10. The molecule has 0 saturated carbocycles. The van der Waals surface area contributed by atoms with Gasteiger partial charge in [0.05, 0.1) is 20.0 Å². The van der Waals surface area contributed by atoms with Gasteiger partial charge in [-0.1, -0.05) is 15.9 Å². The highest BCUT2D eigenvalue weighted by Crippen LogP contribution is 2.45. The Balaban J connectivity index is 2.24. The summed E-state index contributed by atoms with van der Waals surface area (Å²) in [6, 6.07) is 4.78. The summed E-state index contributed by atoms with van der Waals surface area (Å²) in [6.07, 6.45) is 0. The van der Waals surface area contributed by atoms with Gasteiger partial charge in [0.2, 0.25) is 5.91 Å². The molecule has 2 rings (SSSR count). The minimum Gasteiger partial charge on any atom is -0.493 e. The highest BCUT2D eigenvalue weighted by atomic mass is 79.9. The topological polar surface area (TPSA) is 42.0 Å². The third-order valence-electron chi connectivity index (χ3n) is 4.66. The van der Waals surface area contributed by atoms with Gasteiger partial charge in [-0.05, 0) is 39.8 Å². The molecule has 1 aliphatic rings. The number of ether oxygens (including phenoxy) is 2. The number of methoxy groups -OCH3 is 2. The number of carbonyl (C=O) groups excluding carboxylic acids is 1. The lowest BCUT2D eigenvalue weighted by Gasteiger charge is -2.33. The van der Waals surface area contributed by atoms with Crippen molar-refractivity contribution in [3.63, 3.8) is 0 Å². The first-order valence-electron chi connectivity index (χ1n) is 8.88. The van der Waals surface area contributed by atoms with Crippen molar-refractivity contribution in [2.75, 3.05) is 33.1 Å². The summed E-state index contributed by atoms with van der Waals surface area (Å²) in [6.45, 7) is 10.4. The zero-order chi connectivity index (χ0) is 19.4. The van der Waals surface area contributed by atoms with E-state index in [1.165, 1.54) is 0 Å². The molecular formula is C19H29BrN2O3S. The van der Waals surface area contributed by atoms with Crippen molar-refractivity contribution >= 4 is 33.6 Å². The maximum absolute atomic E-state index is 12.5. The summed E-state index contributed by atoms with van der Waals surface area (Å²) in [5, 5.41) is -0.0159. The first-order chi connectivity index (χ1) is 12.3. The van der Waals surface area contributed by atoms with Gasteiger partial charge in [0, 0.05) is 35.2 Å². The largest absolute Gasteiger partial charge is 0.493 e. The Morgan fingerprint density at radius 3 is 2.31 bits per heavy atom. The second kappa shape index (κ2) is 9.33. The Labute approximate surface area is 169 Å². The van der Waals surface area contributed by atoms with Gasteiger partial charge in [-0.2, -0.15) is 0 Å². The number of hydrogen-bond acceptors (Lipinski definition) is 5. The smallest absolute Gasteiger partial charge is 0.233 e. The van der Waals surface area contributed by atoms with Crippen LogP contribution >= 0.6 is 27.7 Å².